The van der Waals surface area contributed by atoms with Gasteiger partial charge in [0.25, 0.3) is 10.0 Å². The lowest BCUT2D eigenvalue weighted by molar-refractivity contribution is 0.463. The third-order valence-corrected chi connectivity index (χ3v) is 4.78. The van der Waals surface area contributed by atoms with E-state index in [4.69, 9.17) is 0 Å². The largest absolute Gasteiger partial charge is 0.335 e. The van der Waals surface area contributed by atoms with Crippen molar-refractivity contribution in [3.8, 4) is 0 Å². The number of aromatic amines is 1. The van der Waals surface area contributed by atoms with Crippen LogP contribution in [0.4, 0.5) is 0 Å². The number of aromatic nitrogens is 2. The number of hydrogen-bond acceptors (Lipinski definition) is 3. The van der Waals surface area contributed by atoms with Crippen molar-refractivity contribution in [3.05, 3.63) is 47.4 Å². The van der Waals surface area contributed by atoms with E-state index in [1.54, 1.807) is 7.05 Å². The van der Waals surface area contributed by atoms with E-state index in [9.17, 15) is 8.42 Å². The summed E-state index contributed by atoms with van der Waals surface area (Å²) in [6.07, 6.45) is 2.67. The monoisotopic (exact) mass is 279 g/mol. The third-order valence-electron chi connectivity index (χ3n) is 3.05. The van der Waals surface area contributed by atoms with Crippen LogP contribution in [0.1, 0.15) is 16.7 Å². The molecule has 2 aromatic rings. The molecule has 102 valence electrons. The van der Waals surface area contributed by atoms with E-state index in [0.29, 0.717) is 6.54 Å². The molecule has 0 fully saturated rings. The maximum Gasteiger partial charge on any atom is 0.260 e. The lowest BCUT2D eigenvalue weighted by Crippen LogP contribution is -2.27. The molecule has 0 radical (unpaired) electrons. The molecule has 0 spiro atoms. The molecule has 0 saturated carbocycles. The molecule has 0 aliphatic rings. The zero-order chi connectivity index (χ0) is 14.0. The zero-order valence-electron chi connectivity index (χ0n) is 11.2. The first-order chi connectivity index (χ1) is 8.91. The Hall–Kier alpha value is -1.66. The molecule has 5 nitrogen and oxygen atoms in total. The predicted octanol–water partition coefficient (Wildman–Crippen LogP) is 1.85. The summed E-state index contributed by atoms with van der Waals surface area (Å²) in [6.45, 7) is 4.34. The predicted molar refractivity (Wildman–Crippen MR) is 73.2 cm³/mol. The second kappa shape index (κ2) is 5.14. The van der Waals surface area contributed by atoms with Gasteiger partial charge < -0.3 is 4.98 Å². The second-order valence-corrected chi connectivity index (χ2v) is 6.62. The van der Waals surface area contributed by atoms with Gasteiger partial charge in [0, 0.05) is 13.6 Å². The zero-order valence-corrected chi connectivity index (χ0v) is 12.0. The topological polar surface area (TPSA) is 66.1 Å². The standard InChI is InChI=1S/C13H17N3O2S/c1-10-4-5-12(11(2)6-10)8-16(3)19(17,18)13-7-14-9-15-13/h4-7,9H,8H2,1-3H3,(H,14,15). The molecule has 1 aromatic heterocycles. The fraction of sp³-hybridized carbons (Fsp3) is 0.308. The third kappa shape index (κ3) is 2.85. The Bertz CT molecular complexity index is 663. The summed E-state index contributed by atoms with van der Waals surface area (Å²) in [7, 11) is -1.94. The Morgan fingerprint density at radius 1 is 1.32 bits per heavy atom. The molecule has 0 aliphatic heterocycles. The van der Waals surface area contributed by atoms with Crippen molar-refractivity contribution in [2.45, 2.75) is 25.4 Å². The SMILES string of the molecule is Cc1ccc(CN(C)S(=O)(=O)c2cnc[nH]2)c(C)c1. The first-order valence-electron chi connectivity index (χ1n) is 5.92. The molecule has 6 heteroatoms. The number of sulfonamides is 1. The summed E-state index contributed by atoms with van der Waals surface area (Å²) < 4.78 is 25.8. The number of benzene rings is 1. The number of H-pyrrole nitrogens is 1. The van der Waals surface area contributed by atoms with Crippen LogP contribution in [0.15, 0.2) is 35.7 Å². The summed E-state index contributed by atoms with van der Waals surface area (Å²) in [5.74, 6) is 0. The molecule has 0 amide bonds. The Morgan fingerprint density at radius 3 is 2.63 bits per heavy atom. The van der Waals surface area contributed by atoms with Crippen LogP contribution in [0.5, 0.6) is 0 Å². The van der Waals surface area contributed by atoms with Crippen LogP contribution in [0, 0.1) is 13.8 Å². The van der Waals surface area contributed by atoms with E-state index in [1.165, 1.54) is 22.4 Å². The van der Waals surface area contributed by atoms with Gasteiger partial charge in [-0.2, -0.15) is 4.31 Å². The fourth-order valence-corrected chi connectivity index (χ4v) is 2.94. The highest BCUT2D eigenvalue weighted by Gasteiger charge is 2.22. The molecule has 0 bridgehead atoms. The summed E-state index contributed by atoms with van der Waals surface area (Å²) in [6, 6.07) is 5.99. The lowest BCUT2D eigenvalue weighted by Gasteiger charge is -2.17. The van der Waals surface area contributed by atoms with Gasteiger partial charge in [-0.3, -0.25) is 0 Å². The fourth-order valence-electron chi connectivity index (χ4n) is 1.90. The van der Waals surface area contributed by atoms with Crippen molar-refractivity contribution >= 4 is 10.0 Å². The molecular weight excluding hydrogens is 262 g/mol. The maximum absolute atomic E-state index is 12.2. The minimum absolute atomic E-state index is 0.111. The van der Waals surface area contributed by atoms with Crippen LogP contribution in [0.2, 0.25) is 0 Å². The number of imidazole rings is 1. The van der Waals surface area contributed by atoms with Crippen LogP contribution in [0.3, 0.4) is 0 Å². The Labute approximate surface area is 113 Å². The minimum atomic E-state index is -3.51. The minimum Gasteiger partial charge on any atom is -0.335 e. The average Bonchev–Trinajstić information content (AvgIpc) is 2.86. The highest BCUT2D eigenvalue weighted by molar-refractivity contribution is 7.89. The molecular formula is C13H17N3O2S. The van der Waals surface area contributed by atoms with E-state index in [0.717, 1.165) is 11.1 Å². The number of nitrogens with zero attached hydrogens (tertiary/aromatic N) is 2. The molecule has 1 N–H and O–H groups in total. The highest BCUT2D eigenvalue weighted by atomic mass is 32.2. The van der Waals surface area contributed by atoms with E-state index in [1.807, 2.05) is 32.0 Å². The van der Waals surface area contributed by atoms with Crippen molar-refractivity contribution < 1.29 is 8.42 Å². The number of hydrogen-bond donors (Lipinski definition) is 1. The maximum atomic E-state index is 12.2. The van der Waals surface area contributed by atoms with Gasteiger partial charge in [-0.15, -0.1) is 0 Å². The van der Waals surface area contributed by atoms with Crippen molar-refractivity contribution in [2.75, 3.05) is 7.05 Å². The molecule has 2 rings (SSSR count). The Morgan fingerprint density at radius 2 is 2.05 bits per heavy atom. The Kier molecular flexibility index (Phi) is 3.73. The van der Waals surface area contributed by atoms with E-state index >= 15 is 0 Å². The normalized spacial score (nSPS) is 12.0. The van der Waals surface area contributed by atoms with Gasteiger partial charge in [0.15, 0.2) is 5.03 Å². The van der Waals surface area contributed by atoms with Crippen LogP contribution < -0.4 is 0 Å². The lowest BCUT2D eigenvalue weighted by atomic mass is 10.1. The van der Waals surface area contributed by atoms with Crippen LogP contribution in [-0.2, 0) is 16.6 Å². The first kappa shape index (κ1) is 13.8. The summed E-state index contributed by atoms with van der Waals surface area (Å²) >= 11 is 0. The number of nitrogens with one attached hydrogen (secondary N) is 1. The van der Waals surface area contributed by atoms with Crippen molar-refractivity contribution in [3.63, 3.8) is 0 Å². The van der Waals surface area contributed by atoms with E-state index in [-0.39, 0.29) is 5.03 Å². The van der Waals surface area contributed by atoms with Gasteiger partial charge in [-0.25, -0.2) is 13.4 Å². The summed E-state index contributed by atoms with van der Waals surface area (Å²) in [5.41, 5.74) is 3.25. The summed E-state index contributed by atoms with van der Waals surface area (Å²) in [5, 5.41) is 0.111. The van der Waals surface area contributed by atoms with Gasteiger partial charge in [0.1, 0.15) is 0 Å². The first-order valence-corrected chi connectivity index (χ1v) is 7.36. The van der Waals surface area contributed by atoms with E-state index < -0.39 is 10.0 Å². The van der Waals surface area contributed by atoms with E-state index in [2.05, 4.69) is 9.97 Å². The van der Waals surface area contributed by atoms with Crippen molar-refractivity contribution in [1.82, 2.24) is 14.3 Å². The van der Waals surface area contributed by atoms with Gasteiger partial charge in [-0.05, 0) is 25.0 Å². The highest BCUT2D eigenvalue weighted by Crippen LogP contribution is 2.17. The molecule has 0 unspecified atom stereocenters. The van der Waals surface area contributed by atoms with Crippen molar-refractivity contribution in [1.29, 1.82) is 0 Å². The van der Waals surface area contributed by atoms with Crippen LogP contribution in [0.25, 0.3) is 0 Å². The molecule has 1 aromatic carbocycles. The molecule has 0 aliphatic carbocycles. The number of aryl methyl sites for hydroxylation is 2. The molecule has 0 atom stereocenters. The van der Waals surface area contributed by atoms with Crippen LogP contribution >= 0.6 is 0 Å². The van der Waals surface area contributed by atoms with Gasteiger partial charge in [-0.1, -0.05) is 23.8 Å². The number of rotatable bonds is 4. The quantitative estimate of drug-likeness (QED) is 0.928. The average molecular weight is 279 g/mol. The smallest absolute Gasteiger partial charge is 0.260 e. The second-order valence-electron chi connectivity index (χ2n) is 4.61. The molecule has 1 heterocycles. The van der Waals surface area contributed by atoms with Gasteiger partial charge in [0.2, 0.25) is 0 Å². The Balaban J connectivity index is 2.24. The van der Waals surface area contributed by atoms with Crippen LogP contribution in [-0.4, -0.2) is 29.7 Å². The van der Waals surface area contributed by atoms with Gasteiger partial charge in [0.05, 0.1) is 12.5 Å². The van der Waals surface area contributed by atoms with Crippen molar-refractivity contribution in [2.24, 2.45) is 0 Å². The molecule has 0 saturated heterocycles. The molecule has 19 heavy (non-hydrogen) atoms. The summed E-state index contributed by atoms with van der Waals surface area (Å²) in [4.78, 5) is 6.37. The van der Waals surface area contributed by atoms with Gasteiger partial charge >= 0.3 is 0 Å².